The van der Waals surface area contributed by atoms with Crippen molar-refractivity contribution in [3.8, 4) is 5.75 Å². The molecule has 2 aromatic carbocycles. The van der Waals surface area contributed by atoms with Crippen molar-refractivity contribution in [2.24, 2.45) is 0 Å². The predicted molar refractivity (Wildman–Crippen MR) is 125 cm³/mol. The SMILES string of the molecule is Cc1nc(COc2ccccc2/C=C/C(=O)N2CCN(C)CC2c2ccccc2)cs1. The average Bonchev–Trinajstić information content (AvgIpc) is 3.22. The van der Waals surface area contributed by atoms with Crippen LogP contribution in [0.4, 0.5) is 0 Å². The molecule has 3 aromatic rings. The van der Waals surface area contributed by atoms with Gasteiger partial charge in [-0.25, -0.2) is 4.98 Å². The maximum Gasteiger partial charge on any atom is 0.247 e. The molecule has 0 spiro atoms. The number of benzene rings is 2. The van der Waals surface area contributed by atoms with Crippen LogP contribution in [-0.4, -0.2) is 47.4 Å². The summed E-state index contributed by atoms with van der Waals surface area (Å²) in [5, 5.41) is 3.03. The fourth-order valence-electron chi connectivity index (χ4n) is 3.78. The molecule has 2 heterocycles. The van der Waals surface area contributed by atoms with Crippen LogP contribution in [0.25, 0.3) is 6.08 Å². The van der Waals surface area contributed by atoms with Gasteiger partial charge in [0.15, 0.2) is 0 Å². The molecule has 4 rings (SSSR count). The van der Waals surface area contributed by atoms with Gasteiger partial charge in [-0.3, -0.25) is 4.79 Å². The van der Waals surface area contributed by atoms with Crippen LogP contribution in [0, 0.1) is 6.92 Å². The number of carbonyl (C=O) groups excluding carboxylic acids is 1. The van der Waals surface area contributed by atoms with Gasteiger partial charge in [0, 0.05) is 36.7 Å². The molecule has 0 aliphatic carbocycles. The first kappa shape index (κ1) is 21.3. The maximum atomic E-state index is 13.1. The second-order valence-corrected chi connectivity index (χ2v) is 8.80. The molecular weight excluding hydrogens is 406 g/mol. The molecule has 1 aliphatic rings. The summed E-state index contributed by atoms with van der Waals surface area (Å²) >= 11 is 1.61. The molecule has 160 valence electrons. The number of hydrogen-bond acceptors (Lipinski definition) is 5. The molecular formula is C25H27N3O2S. The topological polar surface area (TPSA) is 45.7 Å². The maximum absolute atomic E-state index is 13.1. The molecule has 1 unspecified atom stereocenters. The first-order chi connectivity index (χ1) is 15.1. The molecule has 31 heavy (non-hydrogen) atoms. The fourth-order valence-corrected chi connectivity index (χ4v) is 4.37. The number of thiazole rings is 1. The fraction of sp³-hybridized carbons (Fsp3) is 0.280. The monoisotopic (exact) mass is 433 g/mol. The summed E-state index contributed by atoms with van der Waals surface area (Å²) in [5.41, 5.74) is 2.96. The van der Waals surface area contributed by atoms with Crippen LogP contribution in [0.15, 0.2) is 66.1 Å². The highest BCUT2D eigenvalue weighted by Gasteiger charge is 2.29. The van der Waals surface area contributed by atoms with Crippen molar-refractivity contribution in [1.82, 2.24) is 14.8 Å². The minimum absolute atomic E-state index is 0.0203. The Hall–Kier alpha value is -2.96. The molecule has 1 saturated heterocycles. The number of aromatic nitrogens is 1. The first-order valence-electron chi connectivity index (χ1n) is 10.4. The van der Waals surface area contributed by atoms with Crippen molar-refractivity contribution < 1.29 is 9.53 Å². The normalized spacial score (nSPS) is 17.2. The third-order valence-electron chi connectivity index (χ3n) is 5.42. The molecule has 1 aromatic heterocycles. The molecule has 0 N–H and O–H groups in total. The Bertz CT molecular complexity index is 1050. The van der Waals surface area contributed by atoms with Crippen molar-refractivity contribution in [2.45, 2.75) is 19.6 Å². The van der Waals surface area contributed by atoms with E-state index in [0.717, 1.165) is 40.7 Å². The van der Waals surface area contributed by atoms with E-state index in [4.69, 9.17) is 4.74 Å². The molecule has 0 radical (unpaired) electrons. The number of ether oxygens (including phenoxy) is 1. The third kappa shape index (κ3) is 5.40. The van der Waals surface area contributed by atoms with E-state index in [1.807, 2.05) is 65.7 Å². The van der Waals surface area contributed by atoms with Gasteiger partial charge in [0.05, 0.1) is 16.7 Å². The average molecular weight is 434 g/mol. The number of rotatable bonds is 6. The smallest absolute Gasteiger partial charge is 0.247 e. The highest BCUT2D eigenvalue weighted by atomic mass is 32.1. The molecule has 1 atom stereocenters. The highest BCUT2D eigenvalue weighted by molar-refractivity contribution is 7.09. The lowest BCUT2D eigenvalue weighted by atomic mass is 10.0. The summed E-state index contributed by atoms with van der Waals surface area (Å²) < 4.78 is 5.98. The molecule has 5 nitrogen and oxygen atoms in total. The quantitative estimate of drug-likeness (QED) is 0.535. The number of nitrogens with zero attached hydrogens (tertiary/aromatic N) is 3. The van der Waals surface area contributed by atoms with Gasteiger partial charge in [0.2, 0.25) is 5.91 Å². The molecule has 1 fully saturated rings. The Morgan fingerprint density at radius 3 is 2.71 bits per heavy atom. The van der Waals surface area contributed by atoms with Gasteiger partial charge in [0.25, 0.3) is 0 Å². The number of piperazine rings is 1. The number of amides is 1. The number of para-hydroxylation sites is 1. The van der Waals surface area contributed by atoms with Crippen molar-refractivity contribution in [2.75, 3.05) is 26.7 Å². The molecule has 0 saturated carbocycles. The van der Waals surface area contributed by atoms with Crippen LogP contribution >= 0.6 is 11.3 Å². The second kappa shape index (κ2) is 9.90. The Morgan fingerprint density at radius 1 is 1.16 bits per heavy atom. The van der Waals surface area contributed by atoms with E-state index < -0.39 is 0 Å². The standard InChI is InChI=1S/C25H27N3O2S/c1-19-26-22(18-31-19)17-30-24-11-7-6-10-21(24)12-13-25(29)28-15-14-27(2)16-23(28)20-8-4-3-5-9-20/h3-13,18,23H,14-17H2,1-2H3/b13-12+. The Kier molecular flexibility index (Phi) is 6.79. The van der Waals surface area contributed by atoms with Gasteiger partial charge >= 0.3 is 0 Å². The van der Waals surface area contributed by atoms with Gasteiger partial charge < -0.3 is 14.5 Å². The molecule has 0 bridgehead atoms. The van der Waals surface area contributed by atoms with Crippen LogP contribution in [0.5, 0.6) is 5.75 Å². The number of carbonyl (C=O) groups is 1. The summed E-state index contributed by atoms with van der Waals surface area (Å²) in [6.45, 7) is 4.81. The van der Waals surface area contributed by atoms with Gasteiger partial charge in [-0.15, -0.1) is 11.3 Å². The van der Waals surface area contributed by atoms with Crippen LogP contribution < -0.4 is 4.74 Å². The highest BCUT2D eigenvalue weighted by Crippen LogP contribution is 2.26. The summed E-state index contributed by atoms with van der Waals surface area (Å²) in [6, 6.07) is 18.1. The zero-order chi connectivity index (χ0) is 21.6. The lowest BCUT2D eigenvalue weighted by Crippen LogP contribution is -2.48. The van der Waals surface area contributed by atoms with Gasteiger partial charge in [-0.05, 0) is 31.7 Å². The van der Waals surface area contributed by atoms with E-state index in [1.165, 1.54) is 0 Å². The van der Waals surface area contributed by atoms with Crippen LogP contribution in [-0.2, 0) is 11.4 Å². The van der Waals surface area contributed by atoms with Gasteiger partial charge in [-0.1, -0.05) is 48.5 Å². The zero-order valence-electron chi connectivity index (χ0n) is 17.9. The van der Waals surface area contributed by atoms with E-state index in [2.05, 4.69) is 29.1 Å². The lowest BCUT2D eigenvalue weighted by Gasteiger charge is -2.40. The van der Waals surface area contributed by atoms with Gasteiger partial charge in [0.1, 0.15) is 12.4 Å². The molecule has 1 amide bonds. The van der Waals surface area contributed by atoms with E-state index in [1.54, 1.807) is 17.4 Å². The second-order valence-electron chi connectivity index (χ2n) is 7.74. The Morgan fingerprint density at radius 2 is 1.94 bits per heavy atom. The number of likely N-dealkylation sites (N-methyl/N-ethyl adjacent to an activating group) is 1. The van der Waals surface area contributed by atoms with Crippen molar-refractivity contribution in [3.63, 3.8) is 0 Å². The van der Waals surface area contributed by atoms with Crippen molar-refractivity contribution >= 4 is 23.3 Å². The Balaban J connectivity index is 1.48. The molecule has 1 aliphatic heterocycles. The minimum atomic E-state index is 0.0203. The van der Waals surface area contributed by atoms with Crippen LogP contribution in [0.2, 0.25) is 0 Å². The zero-order valence-corrected chi connectivity index (χ0v) is 18.7. The van der Waals surface area contributed by atoms with E-state index in [9.17, 15) is 4.79 Å². The van der Waals surface area contributed by atoms with E-state index in [0.29, 0.717) is 13.2 Å². The summed E-state index contributed by atoms with van der Waals surface area (Å²) in [7, 11) is 2.10. The number of aryl methyl sites for hydroxylation is 1. The Labute approximate surface area is 187 Å². The van der Waals surface area contributed by atoms with Crippen molar-refractivity contribution in [1.29, 1.82) is 0 Å². The predicted octanol–water partition coefficient (Wildman–Crippen LogP) is 4.56. The summed E-state index contributed by atoms with van der Waals surface area (Å²) in [5.74, 6) is 0.766. The summed E-state index contributed by atoms with van der Waals surface area (Å²) in [6.07, 6.45) is 3.51. The van der Waals surface area contributed by atoms with E-state index >= 15 is 0 Å². The van der Waals surface area contributed by atoms with Crippen LogP contribution in [0.1, 0.15) is 27.9 Å². The first-order valence-corrected chi connectivity index (χ1v) is 11.3. The van der Waals surface area contributed by atoms with Crippen molar-refractivity contribution in [3.05, 3.63) is 87.9 Å². The number of hydrogen-bond donors (Lipinski definition) is 0. The van der Waals surface area contributed by atoms with Crippen LogP contribution in [0.3, 0.4) is 0 Å². The third-order valence-corrected chi connectivity index (χ3v) is 6.24. The lowest BCUT2D eigenvalue weighted by molar-refractivity contribution is -0.130. The van der Waals surface area contributed by atoms with E-state index in [-0.39, 0.29) is 11.9 Å². The minimum Gasteiger partial charge on any atom is -0.487 e. The molecule has 6 heteroatoms. The summed E-state index contributed by atoms with van der Waals surface area (Å²) in [4.78, 5) is 21.8. The van der Waals surface area contributed by atoms with Gasteiger partial charge in [-0.2, -0.15) is 0 Å². The largest absolute Gasteiger partial charge is 0.487 e.